The number of alkyl carbamates (subject to hydrolysis) is 1. The molecule has 2 aliphatic carbocycles. The Hall–Kier alpha value is -3.45. The second-order valence-corrected chi connectivity index (χ2v) is 15.0. The Labute approximate surface area is 264 Å². The molecule has 1 aromatic rings. The molecular weight excluding hydrogens is 600 g/mol. The molecule has 2 aliphatic heterocycles. The molecule has 4 aliphatic rings. The summed E-state index contributed by atoms with van der Waals surface area (Å²) in [5.41, 5.74) is 0.666. The molecule has 246 valence electrons. The zero-order valence-electron chi connectivity index (χ0n) is 26.0. The minimum absolute atomic E-state index is 0.0939. The van der Waals surface area contributed by atoms with Gasteiger partial charge in [0.15, 0.2) is 0 Å². The van der Waals surface area contributed by atoms with Gasteiger partial charge >= 0.3 is 6.09 Å². The first-order chi connectivity index (χ1) is 21.4. The molecule has 1 aromatic carbocycles. The van der Waals surface area contributed by atoms with E-state index in [9.17, 15) is 27.6 Å². The van der Waals surface area contributed by atoms with Gasteiger partial charge in [0, 0.05) is 18.9 Å². The molecule has 2 saturated carbocycles. The largest absolute Gasteiger partial charge is 0.450 e. The van der Waals surface area contributed by atoms with E-state index in [4.69, 9.17) is 9.47 Å². The fourth-order valence-corrected chi connectivity index (χ4v) is 7.52. The Morgan fingerprint density at radius 1 is 1.16 bits per heavy atom. The van der Waals surface area contributed by atoms with Crippen LogP contribution in [-0.4, -0.2) is 79.3 Å². The van der Waals surface area contributed by atoms with Crippen LogP contribution in [0, 0.1) is 11.8 Å². The third-order valence-corrected chi connectivity index (χ3v) is 10.9. The third-order valence-electron chi connectivity index (χ3n) is 9.12. The number of carbonyl (C=O) groups excluding carboxylic acids is 4. The van der Waals surface area contributed by atoms with Gasteiger partial charge in [-0.25, -0.2) is 13.2 Å². The van der Waals surface area contributed by atoms with Crippen molar-refractivity contribution in [3.05, 3.63) is 48.0 Å². The summed E-state index contributed by atoms with van der Waals surface area (Å²) in [4.78, 5) is 55.3. The van der Waals surface area contributed by atoms with E-state index in [-0.39, 0.29) is 38.5 Å². The van der Waals surface area contributed by atoms with Crippen molar-refractivity contribution in [3.8, 4) is 0 Å². The first-order valence-electron chi connectivity index (χ1n) is 15.9. The topological polar surface area (TPSA) is 160 Å². The fourth-order valence-electron chi connectivity index (χ4n) is 6.15. The van der Waals surface area contributed by atoms with Gasteiger partial charge in [0.2, 0.25) is 21.8 Å². The monoisotopic (exact) mass is 644 g/mol. The van der Waals surface area contributed by atoms with Crippen LogP contribution in [0.5, 0.6) is 0 Å². The van der Waals surface area contributed by atoms with Crippen LogP contribution in [0.4, 0.5) is 4.79 Å². The second-order valence-electron chi connectivity index (χ2n) is 13.0. The molecule has 4 amide bonds. The number of amides is 4. The number of aryl methyl sites for hydroxylation is 1. The van der Waals surface area contributed by atoms with Gasteiger partial charge in [-0.1, -0.05) is 44.2 Å². The molecule has 5 atom stereocenters. The molecule has 5 rings (SSSR count). The van der Waals surface area contributed by atoms with E-state index in [0.29, 0.717) is 19.3 Å². The lowest BCUT2D eigenvalue weighted by molar-refractivity contribution is -0.141. The molecule has 4 bridgehead atoms. The summed E-state index contributed by atoms with van der Waals surface area (Å²) in [5, 5.41) is 4.86. The summed E-state index contributed by atoms with van der Waals surface area (Å²) in [6.07, 6.45) is 5.01. The quantitative estimate of drug-likeness (QED) is 0.382. The Balaban J connectivity index is 1.38. The molecule has 1 unspecified atom stereocenters. The van der Waals surface area contributed by atoms with E-state index in [1.54, 1.807) is 13.8 Å². The van der Waals surface area contributed by atoms with Gasteiger partial charge in [0.05, 0.1) is 24.6 Å². The first-order valence-corrected chi connectivity index (χ1v) is 17.4. The molecule has 13 heteroatoms. The van der Waals surface area contributed by atoms with Gasteiger partial charge in [0.25, 0.3) is 5.91 Å². The minimum atomic E-state index is -3.84. The van der Waals surface area contributed by atoms with Crippen LogP contribution in [0.25, 0.3) is 0 Å². The molecule has 0 spiro atoms. The molecule has 1 saturated heterocycles. The van der Waals surface area contributed by atoms with Crippen LogP contribution in [0.3, 0.4) is 0 Å². The number of hydrogen-bond acceptors (Lipinski definition) is 8. The van der Waals surface area contributed by atoms with Gasteiger partial charge in [-0.05, 0) is 62.0 Å². The molecular formula is C32H44N4O8S. The van der Waals surface area contributed by atoms with Gasteiger partial charge in [-0.15, -0.1) is 6.58 Å². The first kappa shape index (κ1) is 32.9. The van der Waals surface area contributed by atoms with Gasteiger partial charge < -0.3 is 25.0 Å². The molecule has 0 aromatic heterocycles. The van der Waals surface area contributed by atoms with Crippen molar-refractivity contribution in [3.63, 3.8) is 0 Å². The molecule has 45 heavy (non-hydrogen) atoms. The predicted molar refractivity (Wildman–Crippen MR) is 165 cm³/mol. The second kappa shape index (κ2) is 13.5. The maximum atomic E-state index is 14.0. The fraction of sp³-hybridized carbons (Fsp3) is 0.625. The number of rotatable bonds is 7. The van der Waals surface area contributed by atoms with Crippen molar-refractivity contribution >= 4 is 33.8 Å². The number of nitrogens with one attached hydrogen (secondary N) is 3. The Kier molecular flexibility index (Phi) is 9.88. The van der Waals surface area contributed by atoms with Crippen LogP contribution in [-0.2, 0) is 46.9 Å². The van der Waals surface area contributed by atoms with Crippen LogP contribution < -0.4 is 15.4 Å². The van der Waals surface area contributed by atoms with E-state index in [1.165, 1.54) is 16.5 Å². The average molecular weight is 645 g/mol. The lowest BCUT2D eigenvalue weighted by Gasteiger charge is -2.31. The highest BCUT2D eigenvalue weighted by Gasteiger charge is 2.62. The summed E-state index contributed by atoms with van der Waals surface area (Å²) in [7, 11) is -3.84. The summed E-state index contributed by atoms with van der Waals surface area (Å²) in [6, 6.07) is 6.11. The van der Waals surface area contributed by atoms with E-state index >= 15 is 0 Å². The standard InChI is InChI=1S/C32H44N4O8S/c1-4-23-17-32(23,30(39)35-45(41,42)25-12-13-25)34-28(37)26-16-24-18-36(26)29(38)27(20(2)3)33-31(40)43-14-7-5-6-9-21-10-8-11-22(15-21)19-44-24/h4,8,10-11,15,20,23-27H,1,5-7,9,12-14,16-19H2,2-3H3,(H,33,40)(H,34,37)(H,35,39)/t23?,24-,26+,27+,32-/m1/s1. The molecule has 3 fully saturated rings. The lowest BCUT2D eigenvalue weighted by atomic mass is 10.0. The number of fused-ring (bicyclic) bond motifs is 4. The summed E-state index contributed by atoms with van der Waals surface area (Å²) < 4.78 is 38.8. The van der Waals surface area contributed by atoms with Crippen molar-refractivity contribution < 1.29 is 37.1 Å². The third kappa shape index (κ3) is 7.69. The summed E-state index contributed by atoms with van der Waals surface area (Å²) in [5.74, 6) is -2.67. The average Bonchev–Trinajstić information content (AvgIpc) is 3.92. The van der Waals surface area contributed by atoms with Crippen molar-refractivity contribution in [1.29, 1.82) is 0 Å². The van der Waals surface area contributed by atoms with Gasteiger partial charge in [-0.3, -0.25) is 19.1 Å². The van der Waals surface area contributed by atoms with Gasteiger partial charge in [-0.2, -0.15) is 0 Å². The van der Waals surface area contributed by atoms with Crippen LogP contribution >= 0.6 is 0 Å². The summed E-state index contributed by atoms with van der Waals surface area (Å²) in [6.45, 7) is 7.94. The zero-order chi connectivity index (χ0) is 32.4. The number of sulfonamides is 1. The van der Waals surface area contributed by atoms with E-state index < -0.39 is 68.7 Å². The normalized spacial score (nSPS) is 29.5. The van der Waals surface area contributed by atoms with E-state index in [1.807, 2.05) is 12.1 Å². The van der Waals surface area contributed by atoms with Crippen molar-refractivity contribution in [2.24, 2.45) is 11.8 Å². The number of hydrogen-bond donors (Lipinski definition) is 3. The number of nitrogens with zero attached hydrogens (tertiary/aromatic N) is 1. The Morgan fingerprint density at radius 2 is 1.91 bits per heavy atom. The predicted octanol–water partition coefficient (Wildman–Crippen LogP) is 2.32. The Bertz CT molecular complexity index is 1430. The van der Waals surface area contributed by atoms with Crippen LogP contribution in [0.2, 0.25) is 0 Å². The van der Waals surface area contributed by atoms with Crippen molar-refractivity contribution in [2.45, 2.75) is 101 Å². The highest BCUT2D eigenvalue weighted by Crippen LogP contribution is 2.45. The molecule has 3 N–H and O–H groups in total. The van der Waals surface area contributed by atoms with Crippen molar-refractivity contribution in [1.82, 2.24) is 20.3 Å². The van der Waals surface area contributed by atoms with Crippen LogP contribution in [0.15, 0.2) is 36.9 Å². The highest BCUT2D eigenvalue weighted by molar-refractivity contribution is 7.91. The van der Waals surface area contributed by atoms with E-state index in [2.05, 4.69) is 34.1 Å². The lowest BCUT2D eigenvalue weighted by Crippen LogP contribution is -2.59. The minimum Gasteiger partial charge on any atom is -0.450 e. The Morgan fingerprint density at radius 3 is 2.60 bits per heavy atom. The molecule has 12 nitrogen and oxygen atoms in total. The van der Waals surface area contributed by atoms with Gasteiger partial charge in [0.1, 0.15) is 17.6 Å². The number of ether oxygens (including phenoxy) is 2. The number of cyclic esters (lactones) is 1. The molecule has 2 heterocycles. The molecule has 0 radical (unpaired) electrons. The zero-order valence-corrected chi connectivity index (χ0v) is 26.8. The SMILES string of the molecule is C=CC1C[C@]1(NC(=O)[C@@H]1C[C@@H]2CN1C(=O)[C@H](C(C)C)NC(=O)OCCCCCc1cccc(c1)CO2)C(=O)NS(=O)(=O)C1CC1. The van der Waals surface area contributed by atoms with E-state index in [0.717, 1.165) is 24.8 Å². The summed E-state index contributed by atoms with van der Waals surface area (Å²) >= 11 is 0. The number of carbonyl (C=O) groups is 4. The van der Waals surface area contributed by atoms with Crippen LogP contribution in [0.1, 0.15) is 69.9 Å². The smallest absolute Gasteiger partial charge is 0.407 e. The maximum absolute atomic E-state index is 14.0. The highest BCUT2D eigenvalue weighted by atomic mass is 32.2. The number of benzene rings is 1. The maximum Gasteiger partial charge on any atom is 0.407 e. The van der Waals surface area contributed by atoms with Crippen molar-refractivity contribution in [2.75, 3.05) is 13.2 Å².